The van der Waals surface area contributed by atoms with Crippen molar-refractivity contribution in [1.29, 1.82) is 0 Å². The molecule has 0 fully saturated rings. The molecular weight excluding hydrogens is 960 g/mol. The van der Waals surface area contributed by atoms with E-state index in [0.29, 0.717) is 7.25 Å². The Morgan fingerprint density at radius 1 is 0.333 bits per heavy atom. The van der Waals surface area contributed by atoms with Crippen LogP contribution in [0.3, 0.4) is 0 Å². The van der Waals surface area contributed by atoms with Crippen molar-refractivity contribution >= 4 is 62.1 Å². The molecule has 0 amide bonds. The molecule has 0 radical (unpaired) electrons. The molecule has 0 bridgehead atoms. The molecule has 0 heterocycles. The third-order valence-electron chi connectivity index (χ3n) is 16.9. The van der Waals surface area contributed by atoms with Gasteiger partial charge in [0.15, 0.2) is 0 Å². The van der Waals surface area contributed by atoms with Gasteiger partial charge in [-0.15, -0.1) is 0 Å². The summed E-state index contributed by atoms with van der Waals surface area (Å²) in [6, 6.07) is 74.2. The Morgan fingerprint density at radius 2 is 0.625 bits per heavy atom. The van der Waals surface area contributed by atoms with Crippen LogP contribution in [0.2, 0.25) is 9.26 Å². The van der Waals surface area contributed by atoms with E-state index in [-0.39, 0.29) is 0 Å². The summed E-state index contributed by atoms with van der Waals surface area (Å²) in [5, 5.41) is 10.5. The van der Waals surface area contributed by atoms with Crippen LogP contribution in [0.25, 0.3) is 99.7 Å². The number of unbranched alkanes of at least 4 members (excludes halogenated alkanes) is 4. The molecule has 0 saturated heterocycles. The molecule has 10 aromatic carbocycles. The number of benzene rings is 10. The van der Waals surface area contributed by atoms with Gasteiger partial charge in [-0.25, -0.2) is 0 Å². The van der Waals surface area contributed by atoms with Crippen LogP contribution in [0.5, 0.6) is 0 Å². The zero-order valence-electron chi connectivity index (χ0n) is 42.6. The summed E-state index contributed by atoms with van der Waals surface area (Å²) < 4.78 is 6.48. The van der Waals surface area contributed by atoms with Crippen molar-refractivity contribution in [3.05, 3.63) is 228 Å². The quantitative estimate of drug-likeness (QED) is 0.0752. The molecule has 0 aromatic heterocycles. The number of hydrogen-bond donors (Lipinski definition) is 0. The zero-order valence-corrected chi connectivity index (χ0v) is 46.5. The first-order valence-electron chi connectivity index (χ1n) is 27.0. The summed E-state index contributed by atoms with van der Waals surface area (Å²) in [6.07, 6.45) is 15.1. The fourth-order valence-electron chi connectivity index (χ4n) is 13.8. The molecule has 2 atom stereocenters. The van der Waals surface area contributed by atoms with Crippen LogP contribution in [-0.4, -0.2) is 6.88 Å². The summed E-state index contributed by atoms with van der Waals surface area (Å²) in [6.45, 7) is 7.28. The van der Waals surface area contributed by atoms with E-state index < -0.39 is 17.4 Å². The van der Waals surface area contributed by atoms with E-state index >= 15 is 0 Å². The molecule has 0 N–H and O–H groups in total. The van der Waals surface area contributed by atoms with Gasteiger partial charge in [0.05, 0.1) is 0 Å². The first kappa shape index (κ1) is 46.9. The molecule has 12 rings (SSSR count). The van der Waals surface area contributed by atoms with Gasteiger partial charge in [0.1, 0.15) is 0 Å². The second kappa shape index (κ2) is 19.0. The normalized spacial score (nSPS) is 15.6. The molecule has 2 aliphatic carbocycles. The Morgan fingerprint density at radius 3 is 0.958 bits per heavy atom. The molecule has 2 aliphatic rings. The summed E-state index contributed by atoms with van der Waals surface area (Å²) >= 11 is -4.44. The third kappa shape index (κ3) is 7.97. The van der Waals surface area contributed by atoms with E-state index in [9.17, 15) is 0 Å². The number of fused-ring (bicyclic) bond motifs is 6. The fourth-order valence-corrected chi connectivity index (χ4v) is 33.5. The van der Waals surface area contributed by atoms with Gasteiger partial charge in [0.2, 0.25) is 0 Å². The number of allylic oxidation sites excluding steroid dienone is 2. The standard InChI is InChI=1S/2C34H29.2CH3.H2Si.Zr/c2*1-2-3-4-11-24-22-33-31(29-18-9-14-25-12-5-7-16-27(25)29)20-21-32(34(33)23-24)30-19-10-15-26-13-6-8-17-28(26)30;;;;/h2*5-10,12-23H,2-4,11H2,1H3;2*1H3;1H2;. The second-order valence-corrected chi connectivity index (χ2v) is 52.7. The summed E-state index contributed by atoms with van der Waals surface area (Å²) in [5.74, 6) is 0. The predicted molar refractivity (Wildman–Crippen MR) is 315 cm³/mol. The first-order chi connectivity index (χ1) is 35.2. The van der Waals surface area contributed by atoms with Crippen molar-refractivity contribution in [3.8, 4) is 44.5 Å². The molecule has 0 saturated carbocycles. The molecule has 10 aromatic rings. The van der Waals surface area contributed by atoms with Gasteiger partial charge >= 0.3 is 433 Å². The molecule has 2 heteroatoms. The van der Waals surface area contributed by atoms with E-state index in [1.165, 1.54) is 137 Å². The number of hydrogen-bond acceptors (Lipinski definition) is 0. The molecule has 2 unspecified atom stereocenters. The predicted octanol–water partition coefficient (Wildman–Crippen LogP) is 20.0. The number of rotatable bonds is 14. The van der Waals surface area contributed by atoms with E-state index in [1.807, 2.05) is 0 Å². The third-order valence-corrected chi connectivity index (χ3v) is 34.3. The second-order valence-electron chi connectivity index (χ2n) is 22.2. The molecule has 354 valence electrons. The van der Waals surface area contributed by atoms with Gasteiger partial charge in [-0.2, -0.15) is 0 Å². The van der Waals surface area contributed by atoms with E-state index in [1.54, 1.807) is 22.3 Å². The molecule has 0 nitrogen and oxygen atoms in total. The minimum atomic E-state index is -4.44. The van der Waals surface area contributed by atoms with Gasteiger partial charge in [-0.1, -0.05) is 0 Å². The average Bonchev–Trinajstić information content (AvgIpc) is 4.01. The van der Waals surface area contributed by atoms with Gasteiger partial charge < -0.3 is 0 Å². The van der Waals surface area contributed by atoms with Gasteiger partial charge in [-0.05, 0) is 0 Å². The Hall–Kier alpha value is -6.18. The van der Waals surface area contributed by atoms with E-state index in [0.717, 1.165) is 12.8 Å². The topological polar surface area (TPSA) is 0 Å². The van der Waals surface area contributed by atoms with Crippen LogP contribution in [0.15, 0.2) is 205 Å². The molecule has 0 aliphatic heterocycles. The van der Waals surface area contributed by atoms with Crippen LogP contribution < -0.4 is 0 Å². The summed E-state index contributed by atoms with van der Waals surface area (Å²) in [4.78, 5) is 0. The van der Waals surface area contributed by atoms with Crippen molar-refractivity contribution in [2.45, 2.75) is 81.7 Å². The summed E-state index contributed by atoms with van der Waals surface area (Å²) in [7, 11) is 0. The fraction of sp³-hybridized carbons (Fsp3) is 0.200. The van der Waals surface area contributed by atoms with Gasteiger partial charge in [-0.3, -0.25) is 0 Å². The minimum absolute atomic E-state index is 0.327. The SMILES string of the molecule is CCCCCC1=Cc2c(-c3cccc4ccccc34)ccc(-c3cccc4ccccc34)c2[CH]1[Zr]([CH3])([CH3])(=[SiH2])[CH]1C(CCCCC)=Cc2c(-c3cccc4ccccc34)ccc(-c3cccc4ccccc34)c21. The maximum atomic E-state index is 2.91. The van der Waals surface area contributed by atoms with Crippen molar-refractivity contribution in [2.75, 3.05) is 0 Å². The molecule has 72 heavy (non-hydrogen) atoms. The van der Waals surface area contributed by atoms with Crippen LogP contribution in [0, 0.1) is 0 Å². The molecule has 0 spiro atoms. The van der Waals surface area contributed by atoms with Gasteiger partial charge in [0.25, 0.3) is 0 Å². The van der Waals surface area contributed by atoms with Crippen molar-refractivity contribution < 1.29 is 17.4 Å². The average molecular weight is 1030 g/mol. The Labute approximate surface area is 430 Å². The van der Waals surface area contributed by atoms with Crippen LogP contribution in [0.1, 0.15) is 94.7 Å². The maximum absolute atomic E-state index is 4.44. The van der Waals surface area contributed by atoms with E-state index in [4.69, 9.17) is 0 Å². The van der Waals surface area contributed by atoms with Crippen LogP contribution in [-0.2, 0) is 17.4 Å². The monoisotopic (exact) mass is 1020 g/mol. The first-order valence-corrected chi connectivity index (χ1v) is 40.6. The van der Waals surface area contributed by atoms with E-state index in [2.05, 4.69) is 236 Å². The van der Waals surface area contributed by atoms with Gasteiger partial charge in [0, 0.05) is 0 Å². The van der Waals surface area contributed by atoms with Crippen LogP contribution >= 0.6 is 0 Å². The Balaban J connectivity index is 1.18. The Kier molecular flexibility index (Phi) is 12.4. The van der Waals surface area contributed by atoms with Crippen molar-refractivity contribution in [1.82, 2.24) is 0 Å². The van der Waals surface area contributed by atoms with Crippen LogP contribution in [0.4, 0.5) is 0 Å². The Bertz CT molecular complexity index is 3620. The zero-order chi connectivity index (χ0) is 49.0. The molecular formula is C70H66SiZr. The van der Waals surface area contributed by atoms with Crippen molar-refractivity contribution in [2.24, 2.45) is 0 Å². The summed E-state index contributed by atoms with van der Waals surface area (Å²) in [5.41, 5.74) is 20.4. The van der Waals surface area contributed by atoms with Crippen molar-refractivity contribution in [3.63, 3.8) is 0 Å².